The highest BCUT2D eigenvalue weighted by atomic mass is 16.5. The van der Waals surface area contributed by atoms with Crippen LogP contribution in [0.15, 0.2) is 36.7 Å². The third kappa shape index (κ3) is 2.37. The molecule has 0 fully saturated rings. The Balaban J connectivity index is 2.04. The van der Waals surface area contributed by atoms with Gasteiger partial charge in [-0.05, 0) is 42.3 Å². The van der Waals surface area contributed by atoms with Gasteiger partial charge in [0.15, 0.2) is 0 Å². The third-order valence-corrected chi connectivity index (χ3v) is 2.58. The summed E-state index contributed by atoms with van der Waals surface area (Å²) in [6, 6.07) is 8.10. The van der Waals surface area contributed by atoms with E-state index in [1.807, 2.05) is 30.6 Å². The van der Waals surface area contributed by atoms with Gasteiger partial charge in [0.1, 0.15) is 5.75 Å². The van der Waals surface area contributed by atoms with Gasteiger partial charge in [-0.15, -0.1) is 0 Å². The fourth-order valence-corrected chi connectivity index (χ4v) is 1.63. The van der Waals surface area contributed by atoms with Crippen LogP contribution in [0.2, 0.25) is 0 Å². The number of anilines is 1. The number of H-pyrrole nitrogens is 1. The first-order chi connectivity index (χ1) is 7.79. The van der Waals surface area contributed by atoms with Gasteiger partial charge in [0.2, 0.25) is 0 Å². The molecule has 0 spiro atoms. The maximum absolute atomic E-state index is 5.17. The Labute approximate surface area is 95.5 Å². The van der Waals surface area contributed by atoms with Crippen molar-refractivity contribution in [3.63, 3.8) is 0 Å². The molecule has 0 amide bonds. The lowest BCUT2D eigenvalue weighted by atomic mass is 10.2. The number of benzene rings is 1. The summed E-state index contributed by atoms with van der Waals surface area (Å²) in [5.41, 5.74) is 3.58. The summed E-state index contributed by atoms with van der Waals surface area (Å²) >= 11 is 0. The van der Waals surface area contributed by atoms with E-state index in [4.69, 9.17) is 4.74 Å². The zero-order valence-electron chi connectivity index (χ0n) is 9.58. The molecule has 16 heavy (non-hydrogen) atoms. The van der Waals surface area contributed by atoms with Crippen molar-refractivity contribution in [2.75, 3.05) is 12.4 Å². The predicted octanol–water partition coefficient (Wildman–Crippen LogP) is 2.94. The average Bonchev–Trinajstić information content (AvgIpc) is 2.80. The van der Waals surface area contributed by atoms with E-state index in [9.17, 15) is 0 Å². The summed E-state index contributed by atoms with van der Waals surface area (Å²) in [7, 11) is 1.68. The minimum atomic E-state index is 0.830. The van der Waals surface area contributed by atoms with E-state index in [2.05, 4.69) is 23.3 Å². The van der Waals surface area contributed by atoms with Crippen molar-refractivity contribution in [3.8, 4) is 5.75 Å². The number of nitrogens with one attached hydrogen (secondary N) is 2. The van der Waals surface area contributed by atoms with Crippen LogP contribution in [0.4, 0.5) is 5.69 Å². The number of hydrogen-bond acceptors (Lipinski definition) is 2. The monoisotopic (exact) mass is 216 g/mol. The number of rotatable bonds is 4. The number of methoxy groups -OCH3 is 1. The number of ether oxygens (including phenoxy) is 1. The highest BCUT2D eigenvalue weighted by molar-refractivity contribution is 5.53. The smallest absolute Gasteiger partial charge is 0.119 e. The summed E-state index contributed by atoms with van der Waals surface area (Å²) < 4.78 is 5.17. The van der Waals surface area contributed by atoms with E-state index < -0.39 is 0 Å². The zero-order valence-corrected chi connectivity index (χ0v) is 9.58. The van der Waals surface area contributed by atoms with Crippen molar-refractivity contribution >= 4 is 5.69 Å². The second kappa shape index (κ2) is 4.75. The van der Waals surface area contributed by atoms with Crippen LogP contribution in [0.25, 0.3) is 0 Å². The SMILES string of the molecule is COc1ccc(NCc2cc[nH]c2)c(C)c1. The minimum Gasteiger partial charge on any atom is -0.497 e. The van der Waals surface area contributed by atoms with Crippen LogP contribution in [0, 0.1) is 6.92 Å². The fraction of sp³-hybridized carbons (Fsp3) is 0.231. The maximum atomic E-state index is 5.17. The van der Waals surface area contributed by atoms with Gasteiger partial charge in [0.25, 0.3) is 0 Å². The van der Waals surface area contributed by atoms with Gasteiger partial charge in [0, 0.05) is 24.6 Å². The summed E-state index contributed by atoms with van der Waals surface area (Å²) in [6.45, 7) is 2.90. The summed E-state index contributed by atoms with van der Waals surface area (Å²) in [4.78, 5) is 3.04. The Morgan fingerprint density at radius 3 is 2.81 bits per heavy atom. The molecule has 2 aromatic rings. The van der Waals surface area contributed by atoms with Gasteiger partial charge in [-0.3, -0.25) is 0 Å². The molecule has 1 aromatic carbocycles. The van der Waals surface area contributed by atoms with E-state index in [1.54, 1.807) is 7.11 Å². The first-order valence-electron chi connectivity index (χ1n) is 5.30. The maximum Gasteiger partial charge on any atom is 0.119 e. The summed E-state index contributed by atoms with van der Waals surface area (Å²) in [5.74, 6) is 0.893. The van der Waals surface area contributed by atoms with Crippen molar-refractivity contribution in [3.05, 3.63) is 47.8 Å². The highest BCUT2D eigenvalue weighted by Gasteiger charge is 2.00. The first-order valence-corrected chi connectivity index (χ1v) is 5.30. The van der Waals surface area contributed by atoms with E-state index in [1.165, 1.54) is 11.1 Å². The standard InChI is InChI=1S/C13H16N2O/c1-10-7-12(16-2)3-4-13(10)15-9-11-5-6-14-8-11/h3-8,14-15H,9H2,1-2H3. The van der Waals surface area contributed by atoms with Crippen molar-refractivity contribution in [2.24, 2.45) is 0 Å². The van der Waals surface area contributed by atoms with E-state index in [-0.39, 0.29) is 0 Å². The van der Waals surface area contributed by atoms with Crippen LogP contribution in [0.3, 0.4) is 0 Å². The Hall–Kier alpha value is -1.90. The van der Waals surface area contributed by atoms with E-state index >= 15 is 0 Å². The first kappa shape index (κ1) is 10.6. The molecule has 2 N–H and O–H groups in total. The van der Waals surface area contributed by atoms with Gasteiger partial charge in [-0.25, -0.2) is 0 Å². The topological polar surface area (TPSA) is 37.0 Å². The Morgan fingerprint density at radius 1 is 1.31 bits per heavy atom. The molecule has 0 aliphatic rings. The molecule has 3 heteroatoms. The van der Waals surface area contributed by atoms with E-state index in [0.29, 0.717) is 0 Å². The Kier molecular flexibility index (Phi) is 3.15. The lowest BCUT2D eigenvalue weighted by molar-refractivity contribution is 0.414. The highest BCUT2D eigenvalue weighted by Crippen LogP contribution is 2.21. The van der Waals surface area contributed by atoms with Crippen LogP contribution in [0.1, 0.15) is 11.1 Å². The van der Waals surface area contributed by atoms with Crippen molar-refractivity contribution in [2.45, 2.75) is 13.5 Å². The predicted molar refractivity (Wildman–Crippen MR) is 65.9 cm³/mol. The lowest BCUT2D eigenvalue weighted by Gasteiger charge is -2.10. The number of aryl methyl sites for hydroxylation is 1. The molecule has 0 atom stereocenters. The average molecular weight is 216 g/mol. The van der Waals surface area contributed by atoms with Crippen LogP contribution >= 0.6 is 0 Å². The molecule has 2 rings (SSSR count). The summed E-state index contributed by atoms with van der Waals surface area (Å²) in [5, 5.41) is 3.39. The van der Waals surface area contributed by atoms with E-state index in [0.717, 1.165) is 18.0 Å². The lowest BCUT2D eigenvalue weighted by Crippen LogP contribution is -2.00. The zero-order chi connectivity index (χ0) is 11.4. The minimum absolute atomic E-state index is 0.830. The Bertz CT molecular complexity index is 449. The van der Waals surface area contributed by atoms with Crippen molar-refractivity contribution in [1.29, 1.82) is 0 Å². The number of hydrogen-bond donors (Lipinski definition) is 2. The summed E-state index contributed by atoms with van der Waals surface area (Å²) in [6.07, 6.45) is 3.92. The molecule has 0 saturated carbocycles. The quantitative estimate of drug-likeness (QED) is 0.824. The molecule has 84 valence electrons. The molecule has 0 aliphatic carbocycles. The van der Waals surface area contributed by atoms with Gasteiger partial charge in [0.05, 0.1) is 7.11 Å². The van der Waals surface area contributed by atoms with Crippen LogP contribution in [-0.4, -0.2) is 12.1 Å². The number of aromatic amines is 1. The second-order valence-electron chi connectivity index (χ2n) is 3.75. The van der Waals surface area contributed by atoms with Crippen molar-refractivity contribution < 1.29 is 4.74 Å². The number of aromatic nitrogens is 1. The molecule has 1 aromatic heterocycles. The Morgan fingerprint density at radius 2 is 2.19 bits per heavy atom. The van der Waals surface area contributed by atoms with Crippen molar-refractivity contribution in [1.82, 2.24) is 4.98 Å². The molecule has 0 aliphatic heterocycles. The molecule has 0 saturated heterocycles. The van der Waals surface area contributed by atoms with Gasteiger partial charge < -0.3 is 15.0 Å². The van der Waals surface area contributed by atoms with Gasteiger partial charge in [-0.2, -0.15) is 0 Å². The van der Waals surface area contributed by atoms with Crippen LogP contribution < -0.4 is 10.1 Å². The molecular formula is C13H16N2O. The molecule has 0 bridgehead atoms. The fourth-order valence-electron chi connectivity index (χ4n) is 1.63. The molecule has 0 unspecified atom stereocenters. The van der Waals surface area contributed by atoms with Gasteiger partial charge >= 0.3 is 0 Å². The van der Waals surface area contributed by atoms with Crippen LogP contribution in [-0.2, 0) is 6.54 Å². The third-order valence-electron chi connectivity index (χ3n) is 2.58. The largest absolute Gasteiger partial charge is 0.497 e. The second-order valence-corrected chi connectivity index (χ2v) is 3.75. The molecule has 3 nitrogen and oxygen atoms in total. The molecule has 0 radical (unpaired) electrons. The molecular weight excluding hydrogens is 200 g/mol. The normalized spacial score (nSPS) is 10.1. The van der Waals surface area contributed by atoms with Gasteiger partial charge in [-0.1, -0.05) is 0 Å². The van der Waals surface area contributed by atoms with Crippen LogP contribution in [0.5, 0.6) is 5.75 Å². The molecule has 1 heterocycles.